The van der Waals surface area contributed by atoms with Crippen LogP contribution in [0.4, 0.5) is 23.2 Å². The van der Waals surface area contributed by atoms with Gasteiger partial charge in [0.15, 0.2) is 0 Å². The summed E-state index contributed by atoms with van der Waals surface area (Å²) in [4.78, 5) is 3.62. The van der Waals surface area contributed by atoms with Crippen LogP contribution >= 0.6 is 0 Å². The summed E-state index contributed by atoms with van der Waals surface area (Å²) in [7, 11) is 0. The summed E-state index contributed by atoms with van der Waals surface area (Å²) in [6, 6.07) is 16.7. The van der Waals surface area contributed by atoms with Gasteiger partial charge >= 0.3 is 0 Å². The van der Waals surface area contributed by atoms with Crippen molar-refractivity contribution in [2.45, 2.75) is 70.6 Å². The molecule has 2 fully saturated rings. The van der Waals surface area contributed by atoms with Gasteiger partial charge in [-0.05, 0) is 98.5 Å². The zero-order valence-electron chi connectivity index (χ0n) is 25.0. The Morgan fingerprint density at radius 1 is 0.930 bits per heavy atom. The Kier molecular flexibility index (Phi) is 8.44. The number of benzene rings is 3. The van der Waals surface area contributed by atoms with Crippen LogP contribution < -0.4 is 15.0 Å². The molecule has 8 heteroatoms. The van der Waals surface area contributed by atoms with E-state index in [1.165, 1.54) is 12.1 Å². The fraction of sp³-hybridized carbons (Fsp3) is 0.486. The van der Waals surface area contributed by atoms with E-state index in [1.54, 1.807) is 17.0 Å². The molecule has 2 saturated heterocycles. The van der Waals surface area contributed by atoms with Crippen LogP contribution in [0.1, 0.15) is 67.8 Å². The van der Waals surface area contributed by atoms with E-state index in [0.717, 1.165) is 69.9 Å². The highest BCUT2D eigenvalue weighted by Gasteiger charge is 2.41. The van der Waals surface area contributed by atoms with E-state index in [4.69, 9.17) is 4.74 Å². The van der Waals surface area contributed by atoms with Crippen molar-refractivity contribution in [3.8, 4) is 5.75 Å². The molecule has 3 heterocycles. The van der Waals surface area contributed by atoms with Crippen molar-refractivity contribution in [1.82, 2.24) is 10.2 Å². The minimum atomic E-state index is -3.03. The van der Waals surface area contributed by atoms with Gasteiger partial charge in [0, 0.05) is 37.3 Å². The first kappa shape index (κ1) is 29.9. The molecule has 3 aromatic rings. The first-order valence-electron chi connectivity index (χ1n) is 15.5. The third-order valence-electron chi connectivity index (χ3n) is 9.72. The van der Waals surface area contributed by atoms with E-state index in [0.29, 0.717) is 35.4 Å². The summed E-state index contributed by atoms with van der Waals surface area (Å²) < 4.78 is 67.2. The van der Waals surface area contributed by atoms with Gasteiger partial charge in [-0.15, -0.1) is 0 Å². The number of fused-ring (bicyclic) bond motifs is 1. The first-order valence-corrected chi connectivity index (χ1v) is 15.5. The van der Waals surface area contributed by atoms with Gasteiger partial charge in [-0.2, -0.15) is 0 Å². The summed E-state index contributed by atoms with van der Waals surface area (Å²) in [5, 5.41) is 3.42. The number of anilines is 1. The highest BCUT2D eigenvalue weighted by Crippen LogP contribution is 2.44. The number of halogens is 4. The molecule has 3 aliphatic heterocycles. The number of piperidine rings is 2. The fourth-order valence-electron chi connectivity index (χ4n) is 7.33. The van der Waals surface area contributed by atoms with Crippen LogP contribution in [0.15, 0.2) is 60.7 Å². The lowest BCUT2D eigenvalue weighted by molar-refractivity contribution is -0.0371. The standard InChI is InChI=1S/C35H41F4N3O/c1-24-18-26-19-28(43-22-25-6-4-3-5-7-25)8-9-29(26)33(42(24)23-34(2,38)39)32-30(36)20-27(21-31(32)37)41-16-12-35(13-17-41)10-14-40-15-11-35/h3-9,19-21,24,33,40H,10-18,22-23H2,1-2H3/t24-,33?/m1/s1. The van der Waals surface area contributed by atoms with E-state index in [9.17, 15) is 8.78 Å². The molecular formula is C35H41F4N3O. The van der Waals surface area contributed by atoms with E-state index >= 15 is 8.78 Å². The monoisotopic (exact) mass is 595 g/mol. The smallest absolute Gasteiger partial charge is 0.257 e. The lowest BCUT2D eigenvalue weighted by Gasteiger charge is -2.45. The Morgan fingerprint density at radius 2 is 1.60 bits per heavy atom. The summed E-state index contributed by atoms with van der Waals surface area (Å²) in [5.74, 6) is -3.79. The average molecular weight is 596 g/mol. The molecule has 0 aromatic heterocycles. The number of alkyl halides is 2. The number of nitrogens with one attached hydrogen (secondary N) is 1. The highest BCUT2D eigenvalue weighted by molar-refractivity contribution is 5.53. The normalized spacial score (nSPS) is 22.4. The molecule has 3 aromatic carbocycles. The molecular weight excluding hydrogens is 554 g/mol. The Balaban J connectivity index is 1.30. The summed E-state index contributed by atoms with van der Waals surface area (Å²) >= 11 is 0. The molecule has 0 amide bonds. The van der Waals surface area contributed by atoms with Gasteiger partial charge in [-0.3, -0.25) is 4.90 Å². The lowest BCUT2D eigenvalue weighted by Crippen LogP contribution is -2.48. The molecule has 0 aliphatic carbocycles. The summed E-state index contributed by atoms with van der Waals surface area (Å²) in [6.07, 6.45) is 4.75. The molecule has 4 nitrogen and oxygen atoms in total. The van der Waals surface area contributed by atoms with Gasteiger partial charge in [0.25, 0.3) is 5.92 Å². The molecule has 6 rings (SSSR count). The van der Waals surface area contributed by atoms with Crippen LogP contribution in [0.3, 0.4) is 0 Å². The molecule has 2 atom stereocenters. The van der Waals surface area contributed by atoms with Crippen LogP contribution in [0.25, 0.3) is 0 Å². The van der Waals surface area contributed by atoms with Crippen molar-refractivity contribution < 1.29 is 22.3 Å². The molecule has 1 spiro atoms. The molecule has 0 saturated carbocycles. The molecule has 1 N–H and O–H groups in total. The number of nitrogens with zero attached hydrogens (tertiary/aromatic N) is 2. The van der Waals surface area contributed by atoms with Gasteiger partial charge in [0.1, 0.15) is 24.0 Å². The van der Waals surface area contributed by atoms with E-state index in [-0.39, 0.29) is 11.6 Å². The van der Waals surface area contributed by atoms with Gasteiger partial charge in [0.2, 0.25) is 0 Å². The lowest BCUT2D eigenvalue weighted by atomic mass is 9.71. The summed E-state index contributed by atoms with van der Waals surface area (Å²) in [5.41, 5.74) is 3.16. The van der Waals surface area contributed by atoms with Crippen LogP contribution in [0.2, 0.25) is 0 Å². The van der Waals surface area contributed by atoms with Crippen LogP contribution in [-0.4, -0.2) is 49.6 Å². The number of rotatable bonds is 7. The van der Waals surface area contributed by atoms with Crippen molar-refractivity contribution in [1.29, 1.82) is 0 Å². The highest BCUT2D eigenvalue weighted by atomic mass is 19.3. The summed E-state index contributed by atoms with van der Waals surface area (Å²) in [6.45, 7) is 6.02. The zero-order valence-corrected chi connectivity index (χ0v) is 25.0. The van der Waals surface area contributed by atoms with Crippen molar-refractivity contribution in [2.24, 2.45) is 5.41 Å². The van der Waals surface area contributed by atoms with E-state index in [2.05, 4.69) is 10.2 Å². The molecule has 230 valence electrons. The van der Waals surface area contributed by atoms with Gasteiger partial charge in [-0.1, -0.05) is 36.4 Å². The predicted molar refractivity (Wildman–Crippen MR) is 162 cm³/mol. The number of hydrogen-bond donors (Lipinski definition) is 1. The van der Waals surface area contributed by atoms with Gasteiger partial charge < -0.3 is 15.0 Å². The van der Waals surface area contributed by atoms with Gasteiger partial charge in [-0.25, -0.2) is 17.6 Å². The van der Waals surface area contributed by atoms with Crippen LogP contribution in [-0.2, 0) is 13.0 Å². The third kappa shape index (κ3) is 6.55. The maximum absolute atomic E-state index is 16.1. The Bertz CT molecular complexity index is 1390. The predicted octanol–water partition coefficient (Wildman–Crippen LogP) is 7.51. The largest absolute Gasteiger partial charge is 0.489 e. The van der Waals surface area contributed by atoms with Gasteiger partial charge in [0.05, 0.1) is 12.6 Å². The molecule has 3 aliphatic rings. The average Bonchev–Trinajstić information content (AvgIpc) is 2.98. The Labute approximate surface area is 252 Å². The fourth-order valence-corrected chi connectivity index (χ4v) is 7.33. The Morgan fingerprint density at radius 3 is 2.26 bits per heavy atom. The number of ether oxygens (including phenoxy) is 1. The zero-order chi connectivity index (χ0) is 30.2. The molecule has 1 unspecified atom stereocenters. The Hall–Kier alpha value is -3.10. The second kappa shape index (κ2) is 12.1. The number of hydrogen-bond acceptors (Lipinski definition) is 4. The second-order valence-corrected chi connectivity index (χ2v) is 12.9. The topological polar surface area (TPSA) is 27.7 Å². The maximum atomic E-state index is 16.1. The van der Waals surface area contributed by atoms with Crippen LogP contribution in [0, 0.1) is 17.0 Å². The molecule has 43 heavy (non-hydrogen) atoms. The van der Waals surface area contributed by atoms with E-state index in [1.807, 2.05) is 43.3 Å². The minimum Gasteiger partial charge on any atom is -0.489 e. The SMILES string of the molecule is C[C@@H]1Cc2cc(OCc3ccccc3)ccc2C(c2c(F)cc(N3CCC4(CCNCC4)CC3)cc2F)N1CC(C)(F)F. The minimum absolute atomic E-state index is 0.175. The van der Waals surface area contributed by atoms with Crippen molar-refractivity contribution in [3.05, 3.63) is 94.6 Å². The van der Waals surface area contributed by atoms with Crippen molar-refractivity contribution >= 4 is 5.69 Å². The van der Waals surface area contributed by atoms with Crippen molar-refractivity contribution in [2.75, 3.05) is 37.6 Å². The quantitative estimate of drug-likeness (QED) is 0.286. The molecule has 0 bridgehead atoms. The maximum Gasteiger partial charge on any atom is 0.257 e. The first-order chi connectivity index (χ1) is 20.6. The third-order valence-corrected chi connectivity index (χ3v) is 9.72. The second-order valence-electron chi connectivity index (χ2n) is 12.9. The molecule has 0 radical (unpaired) electrons. The van der Waals surface area contributed by atoms with Crippen molar-refractivity contribution in [3.63, 3.8) is 0 Å². The van der Waals surface area contributed by atoms with Crippen LogP contribution in [0.5, 0.6) is 5.75 Å². The van der Waals surface area contributed by atoms with E-state index < -0.39 is 30.1 Å².